The van der Waals surface area contributed by atoms with Crippen molar-refractivity contribution in [1.82, 2.24) is 0 Å². The van der Waals surface area contributed by atoms with Crippen molar-refractivity contribution in [3.8, 4) is 11.3 Å². The van der Waals surface area contributed by atoms with Gasteiger partial charge in [-0.1, -0.05) is 12.1 Å². The topological polar surface area (TPSA) is 126 Å². The van der Waals surface area contributed by atoms with Crippen molar-refractivity contribution in [2.24, 2.45) is 5.10 Å². The summed E-state index contributed by atoms with van der Waals surface area (Å²) >= 11 is 0. The summed E-state index contributed by atoms with van der Waals surface area (Å²) in [5, 5.41) is 24.1. The fourth-order valence-corrected chi connectivity index (χ4v) is 3.41. The number of hydrazone groups is 1. The second-order valence-corrected chi connectivity index (χ2v) is 7.44. The lowest BCUT2D eigenvalue weighted by Gasteiger charge is -2.11. The summed E-state index contributed by atoms with van der Waals surface area (Å²) in [7, 11) is 0. The molecule has 1 aliphatic rings. The van der Waals surface area contributed by atoms with Gasteiger partial charge in [0, 0.05) is 17.7 Å². The fraction of sp³-hybridized carbons (Fsp3) is 0.0870. The number of carboxylic acid groups (broad SMARTS) is 1. The maximum atomic E-state index is 13.7. The number of hydrogen-bond acceptors (Lipinski definition) is 6. The highest BCUT2D eigenvalue weighted by molar-refractivity contribution is 6.34. The van der Waals surface area contributed by atoms with E-state index in [1.807, 2.05) is 0 Å². The molecule has 0 unspecified atom stereocenters. The standard InChI is InChI=1S/C23H14F3N3O6/c1-12-5-6-15(29(33)34)10-17(12)19-8-7-16(35-19)11-18-20(23(24,25)26)27-28(21(18)30)14-4-2-3-13(9-14)22(31)32/h2-11H,1H3,(H,31,32)/b18-11-. The number of aromatic carboxylic acids is 1. The summed E-state index contributed by atoms with van der Waals surface area (Å²) < 4.78 is 46.6. The molecule has 9 nitrogen and oxygen atoms in total. The van der Waals surface area contributed by atoms with Gasteiger partial charge in [0.2, 0.25) is 0 Å². The molecule has 3 aromatic rings. The van der Waals surface area contributed by atoms with Crippen LogP contribution in [0, 0.1) is 17.0 Å². The molecule has 2 aromatic carbocycles. The van der Waals surface area contributed by atoms with E-state index in [0.29, 0.717) is 16.1 Å². The molecule has 0 saturated heterocycles. The van der Waals surface area contributed by atoms with E-state index >= 15 is 0 Å². The Kier molecular flexibility index (Phi) is 5.73. The van der Waals surface area contributed by atoms with Gasteiger partial charge < -0.3 is 9.52 Å². The van der Waals surface area contributed by atoms with E-state index in [4.69, 9.17) is 9.52 Å². The third-order valence-corrected chi connectivity index (χ3v) is 5.09. The Morgan fingerprint density at radius 3 is 2.57 bits per heavy atom. The highest BCUT2D eigenvalue weighted by Gasteiger charge is 2.47. The minimum absolute atomic E-state index is 0.118. The van der Waals surface area contributed by atoms with Gasteiger partial charge in [-0.05, 0) is 48.9 Å². The second kappa shape index (κ2) is 8.56. The first-order valence-electron chi connectivity index (χ1n) is 9.86. The van der Waals surface area contributed by atoms with Crippen LogP contribution in [0.25, 0.3) is 17.4 Å². The smallest absolute Gasteiger partial charge is 0.435 e. The van der Waals surface area contributed by atoms with E-state index < -0.39 is 34.3 Å². The summed E-state index contributed by atoms with van der Waals surface area (Å²) in [5.74, 6) is -2.43. The van der Waals surface area contributed by atoms with Crippen LogP contribution in [-0.2, 0) is 4.79 Å². The number of hydrogen-bond donors (Lipinski definition) is 1. The summed E-state index contributed by atoms with van der Waals surface area (Å²) in [5.41, 5.74) is -1.89. The number of benzene rings is 2. The summed E-state index contributed by atoms with van der Waals surface area (Å²) in [6.45, 7) is 1.68. The molecule has 1 aromatic heterocycles. The molecule has 2 heterocycles. The predicted octanol–water partition coefficient (Wildman–Crippen LogP) is 5.21. The largest absolute Gasteiger partial charge is 0.478 e. The van der Waals surface area contributed by atoms with E-state index in [9.17, 15) is 32.9 Å². The Labute approximate surface area is 194 Å². The van der Waals surface area contributed by atoms with Gasteiger partial charge in [0.15, 0.2) is 5.71 Å². The first-order valence-corrected chi connectivity index (χ1v) is 9.86. The van der Waals surface area contributed by atoms with Crippen molar-refractivity contribution in [3.05, 3.63) is 87.2 Å². The molecular weight excluding hydrogens is 471 g/mol. The number of nitrogens with zero attached hydrogens (tertiary/aromatic N) is 3. The summed E-state index contributed by atoms with van der Waals surface area (Å²) in [6, 6.07) is 11.6. The van der Waals surface area contributed by atoms with Crippen LogP contribution in [0.4, 0.5) is 24.5 Å². The number of carbonyl (C=O) groups excluding carboxylic acids is 1. The number of non-ortho nitro benzene ring substituents is 1. The SMILES string of the molecule is Cc1ccc([N+](=O)[O-])cc1-c1ccc(/C=C2\C(=O)N(c3cccc(C(=O)O)c3)N=C2C(F)(F)F)o1. The molecule has 0 spiro atoms. The molecule has 1 N–H and O–H groups in total. The van der Waals surface area contributed by atoms with E-state index in [0.717, 1.165) is 12.1 Å². The number of aryl methyl sites for hydroxylation is 1. The quantitative estimate of drug-likeness (QED) is 0.300. The molecule has 0 radical (unpaired) electrons. The van der Waals surface area contributed by atoms with Crippen LogP contribution >= 0.6 is 0 Å². The second-order valence-electron chi connectivity index (χ2n) is 7.44. The Balaban J connectivity index is 1.74. The molecule has 0 saturated carbocycles. The Morgan fingerprint density at radius 1 is 1.17 bits per heavy atom. The van der Waals surface area contributed by atoms with Gasteiger partial charge in [0.05, 0.1) is 21.7 Å². The number of carboxylic acids is 1. The molecule has 178 valence electrons. The molecule has 0 atom stereocenters. The van der Waals surface area contributed by atoms with Gasteiger partial charge in [-0.25, -0.2) is 4.79 Å². The lowest BCUT2D eigenvalue weighted by atomic mass is 10.1. The predicted molar refractivity (Wildman–Crippen MR) is 118 cm³/mol. The van der Waals surface area contributed by atoms with Crippen LogP contribution in [-0.4, -0.2) is 33.8 Å². The zero-order valence-electron chi connectivity index (χ0n) is 17.7. The number of nitro benzene ring substituents is 1. The maximum absolute atomic E-state index is 13.7. The molecule has 0 bridgehead atoms. The van der Waals surface area contributed by atoms with Gasteiger partial charge in [-0.2, -0.15) is 23.3 Å². The Hall–Kier alpha value is -4.74. The van der Waals surface area contributed by atoms with Crippen molar-refractivity contribution >= 4 is 35.0 Å². The van der Waals surface area contributed by atoms with Crippen molar-refractivity contribution < 1.29 is 37.2 Å². The number of carbonyl (C=O) groups is 2. The number of anilines is 1. The van der Waals surface area contributed by atoms with E-state index in [-0.39, 0.29) is 28.5 Å². The molecule has 35 heavy (non-hydrogen) atoms. The third-order valence-electron chi connectivity index (χ3n) is 5.09. The van der Waals surface area contributed by atoms with Crippen LogP contribution in [0.3, 0.4) is 0 Å². The van der Waals surface area contributed by atoms with Crippen molar-refractivity contribution in [3.63, 3.8) is 0 Å². The molecule has 12 heteroatoms. The summed E-state index contributed by atoms with van der Waals surface area (Å²) in [4.78, 5) is 34.6. The Bertz CT molecular complexity index is 1440. The van der Waals surface area contributed by atoms with Crippen LogP contribution in [0.1, 0.15) is 21.7 Å². The van der Waals surface area contributed by atoms with Gasteiger partial charge >= 0.3 is 12.1 Å². The van der Waals surface area contributed by atoms with Gasteiger partial charge in [0.1, 0.15) is 11.5 Å². The maximum Gasteiger partial charge on any atom is 0.435 e. The van der Waals surface area contributed by atoms with Crippen molar-refractivity contribution in [2.75, 3.05) is 5.01 Å². The van der Waals surface area contributed by atoms with Crippen LogP contribution < -0.4 is 5.01 Å². The fourth-order valence-electron chi connectivity index (χ4n) is 3.41. The molecule has 0 aliphatic carbocycles. The third kappa shape index (κ3) is 4.53. The zero-order chi connectivity index (χ0) is 25.5. The molecule has 1 aliphatic heterocycles. The highest BCUT2D eigenvalue weighted by atomic mass is 19.4. The van der Waals surface area contributed by atoms with Gasteiger partial charge in [0.25, 0.3) is 11.6 Å². The Morgan fingerprint density at radius 2 is 1.91 bits per heavy atom. The number of nitro groups is 1. The number of halogens is 3. The first-order chi connectivity index (χ1) is 16.5. The number of amides is 1. The van der Waals surface area contributed by atoms with Crippen molar-refractivity contribution in [2.45, 2.75) is 13.1 Å². The van der Waals surface area contributed by atoms with Crippen molar-refractivity contribution in [1.29, 1.82) is 0 Å². The van der Waals surface area contributed by atoms with E-state index in [2.05, 4.69) is 5.10 Å². The first kappa shape index (κ1) is 23.4. The van der Waals surface area contributed by atoms with Crippen LogP contribution in [0.2, 0.25) is 0 Å². The van der Waals surface area contributed by atoms with Crippen LogP contribution in [0.15, 0.2) is 69.7 Å². The number of alkyl halides is 3. The molecular formula is C23H14F3N3O6. The highest BCUT2D eigenvalue weighted by Crippen LogP contribution is 2.34. The van der Waals surface area contributed by atoms with Gasteiger partial charge in [-0.3, -0.25) is 14.9 Å². The lowest BCUT2D eigenvalue weighted by Crippen LogP contribution is -2.25. The van der Waals surface area contributed by atoms with Gasteiger partial charge in [-0.15, -0.1) is 0 Å². The number of rotatable bonds is 5. The van der Waals surface area contributed by atoms with E-state index in [1.54, 1.807) is 6.92 Å². The molecule has 0 fully saturated rings. The molecule has 4 rings (SSSR count). The minimum Gasteiger partial charge on any atom is -0.478 e. The zero-order valence-corrected chi connectivity index (χ0v) is 17.7. The average molecular weight is 485 g/mol. The lowest BCUT2D eigenvalue weighted by molar-refractivity contribution is -0.384. The average Bonchev–Trinajstić information content (AvgIpc) is 3.39. The number of furan rings is 1. The van der Waals surface area contributed by atoms with E-state index in [1.165, 1.54) is 48.5 Å². The normalized spacial score (nSPS) is 15.0. The molecule has 1 amide bonds. The monoisotopic (exact) mass is 485 g/mol. The minimum atomic E-state index is -4.99. The van der Waals surface area contributed by atoms with Crippen LogP contribution in [0.5, 0.6) is 0 Å². The summed E-state index contributed by atoms with van der Waals surface area (Å²) in [6.07, 6.45) is -4.13.